The zero-order chi connectivity index (χ0) is 12.7. The molecule has 1 rings (SSSR count). The second kappa shape index (κ2) is 7.33. The van der Waals surface area contributed by atoms with Gasteiger partial charge in [-0.25, -0.2) is 0 Å². The molecule has 17 heavy (non-hydrogen) atoms. The van der Waals surface area contributed by atoms with Crippen LogP contribution in [0.2, 0.25) is 0 Å². The van der Waals surface area contributed by atoms with Crippen LogP contribution in [0, 0.1) is 5.92 Å². The molecule has 1 aromatic rings. The van der Waals surface area contributed by atoms with Crippen molar-refractivity contribution in [1.29, 1.82) is 0 Å². The molecule has 0 spiro atoms. The zero-order valence-electron chi connectivity index (χ0n) is 10.2. The van der Waals surface area contributed by atoms with E-state index in [1.807, 2.05) is 30.3 Å². The summed E-state index contributed by atoms with van der Waals surface area (Å²) < 4.78 is 5.37. The van der Waals surface area contributed by atoms with Gasteiger partial charge >= 0.3 is 0 Å². The number of alkyl halides is 1. The molecule has 4 heteroatoms. The van der Waals surface area contributed by atoms with Gasteiger partial charge < -0.3 is 10.1 Å². The minimum atomic E-state index is -0.0907. The summed E-state index contributed by atoms with van der Waals surface area (Å²) in [6, 6.07) is 9.47. The van der Waals surface area contributed by atoms with E-state index >= 15 is 0 Å². The summed E-state index contributed by atoms with van der Waals surface area (Å²) >= 11 is 3.39. The van der Waals surface area contributed by atoms with Crippen LogP contribution >= 0.6 is 15.9 Å². The van der Waals surface area contributed by atoms with E-state index in [4.69, 9.17) is 4.74 Å². The van der Waals surface area contributed by atoms with Crippen LogP contribution in [-0.4, -0.2) is 23.9 Å². The van der Waals surface area contributed by atoms with Gasteiger partial charge in [0.15, 0.2) is 6.61 Å². The van der Waals surface area contributed by atoms with Crippen molar-refractivity contribution in [1.82, 2.24) is 5.32 Å². The normalized spacial score (nSPS) is 12.2. The van der Waals surface area contributed by atoms with Crippen molar-refractivity contribution in [3.63, 3.8) is 0 Å². The van der Waals surface area contributed by atoms with E-state index in [0.29, 0.717) is 11.7 Å². The van der Waals surface area contributed by atoms with Crippen molar-refractivity contribution < 1.29 is 9.53 Å². The van der Waals surface area contributed by atoms with Gasteiger partial charge in [0.2, 0.25) is 0 Å². The zero-order valence-corrected chi connectivity index (χ0v) is 11.7. The molecule has 0 fully saturated rings. The van der Waals surface area contributed by atoms with Crippen molar-refractivity contribution >= 4 is 21.8 Å². The van der Waals surface area contributed by atoms with Crippen molar-refractivity contribution in [2.45, 2.75) is 19.9 Å². The molecule has 94 valence electrons. The lowest BCUT2D eigenvalue weighted by Gasteiger charge is -2.19. The minimum Gasteiger partial charge on any atom is -0.484 e. The van der Waals surface area contributed by atoms with Crippen LogP contribution in [0.4, 0.5) is 0 Å². The second-order valence-electron chi connectivity index (χ2n) is 4.17. The van der Waals surface area contributed by atoms with Gasteiger partial charge in [-0.15, -0.1) is 0 Å². The first kappa shape index (κ1) is 14.0. The van der Waals surface area contributed by atoms with Crippen LogP contribution in [0.3, 0.4) is 0 Å². The molecule has 0 heterocycles. The smallest absolute Gasteiger partial charge is 0.258 e. The molecule has 0 aromatic heterocycles. The molecule has 0 radical (unpaired) electrons. The second-order valence-corrected chi connectivity index (χ2v) is 4.82. The lowest BCUT2D eigenvalue weighted by molar-refractivity contribution is -0.123. The fourth-order valence-corrected chi connectivity index (χ4v) is 2.21. The quantitative estimate of drug-likeness (QED) is 0.820. The Kier molecular flexibility index (Phi) is 6.05. The Morgan fingerprint density at radius 2 is 2.00 bits per heavy atom. The van der Waals surface area contributed by atoms with Gasteiger partial charge in [0, 0.05) is 11.4 Å². The molecule has 0 aliphatic heterocycles. The van der Waals surface area contributed by atoms with Gasteiger partial charge in [-0.1, -0.05) is 48.0 Å². The molecule has 1 amide bonds. The monoisotopic (exact) mass is 299 g/mol. The van der Waals surface area contributed by atoms with Crippen molar-refractivity contribution in [3.8, 4) is 5.75 Å². The number of rotatable bonds is 6. The first-order valence-electron chi connectivity index (χ1n) is 5.66. The van der Waals surface area contributed by atoms with E-state index in [1.54, 1.807) is 0 Å². The topological polar surface area (TPSA) is 38.3 Å². The van der Waals surface area contributed by atoms with E-state index < -0.39 is 0 Å². The average molecular weight is 300 g/mol. The summed E-state index contributed by atoms with van der Waals surface area (Å²) in [5, 5.41) is 3.68. The molecule has 1 aromatic carbocycles. The lowest BCUT2D eigenvalue weighted by Crippen LogP contribution is -2.42. The summed E-state index contributed by atoms with van der Waals surface area (Å²) in [6.07, 6.45) is 0. The Balaban J connectivity index is 2.35. The van der Waals surface area contributed by atoms with Crippen molar-refractivity contribution in [2.24, 2.45) is 5.92 Å². The number of para-hydroxylation sites is 1. The largest absolute Gasteiger partial charge is 0.484 e. The number of ether oxygens (including phenoxy) is 1. The third-order valence-corrected chi connectivity index (χ3v) is 3.13. The Morgan fingerprint density at radius 3 is 2.53 bits per heavy atom. The summed E-state index contributed by atoms with van der Waals surface area (Å²) in [6.45, 7) is 4.20. The maximum absolute atomic E-state index is 11.6. The summed E-state index contributed by atoms with van der Waals surface area (Å²) in [7, 11) is 0. The predicted octanol–water partition coefficient (Wildman–Crippen LogP) is 2.60. The molecule has 1 unspecified atom stereocenters. The van der Waals surface area contributed by atoms with E-state index in [2.05, 4.69) is 35.1 Å². The maximum Gasteiger partial charge on any atom is 0.258 e. The Morgan fingerprint density at radius 1 is 1.35 bits per heavy atom. The lowest BCUT2D eigenvalue weighted by atomic mass is 10.1. The first-order chi connectivity index (χ1) is 8.13. The maximum atomic E-state index is 11.6. The first-order valence-corrected chi connectivity index (χ1v) is 6.78. The molecule has 0 bridgehead atoms. The number of hydrogen-bond donors (Lipinski definition) is 1. The number of carbonyl (C=O) groups is 1. The minimum absolute atomic E-state index is 0.0558. The molecule has 1 N–H and O–H groups in total. The molecule has 0 saturated carbocycles. The van der Waals surface area contributed by atoms with Gasteiger partial charge in [0.25, 0.3) is 5.91 Å². The Hall–Kier alpha value is -1.03. The van der Waals surface area contributed by atoms with E-state index in [9.17, 15) is 4.79 Å². The van der Waals surface area contributed by atoms with Gasteiger partial charge in [0.05, 0.1) is 0 Å². The highest BCUT2D eigenvalue weighted by atomic mass is 79.9. The molecular weight excluding hydrogens is 282 g/mol. The number of benzene rings is 1. The van der Waals surface area contributed by atoms with Crippen molar-refractivity contribution in [2.75, 3.05) is 11.9 Å². The Bertz CT molecular complexity index is 341. The fourth-order valence-electron chi connectivity index (χ4n) is 1.30. The van der Waals surface area contributed by atoms with Crippen LogP contribution in [0.5, 0.6) is 5.75 Å². The van der Waals surface area contributed by atoms with Crippen LogP contribution < -0.4 is 10.1 Å². The highest BCUT2D eigenvalue weighted by molar-refractivity contribution is 9.09. The van der Waals surface area contributed by atoms with Gasteiger partial charge in [-0.2, -0.15) is 0 Å². The predicted molar refractivity (Wildman–Crippen MR) is 72.5 cm³/mol. The SMILES string of the molecule is CC(C)C(CBr)NC(=O)COc1ccccc1. The molecular formula is C13H18BrNO2. The van der Waals surface area contributed by atoms with E-state index in [1.165, 1.54) is 0 Å². The van der Waals surface area contributed by atoms with Crippen molar-refractivity contribution in [3.05, 3.63) is 30.3 Å². The van der Waals surface area contributed by atoms with E-state index in [0.717, 1.165) is 5.33 Å². The number of nitrogens with one attached hydrogen (secondary N) is 1. The molecule has 0 aliphatic carbocycles. The van der Waals surface area contributed by atoms with Gasteiger partial charge in [0.1, 0.15) is 5.75 Å². The number of carbonyl (C=O) groups excluding carboxylic acids is 1. The summed E-state index contributed by atoms with van der Waals surface area (Å²) in [4.78, 5) is 11.6. The number of halogens is 1. The third kappa shape index (κ3) is 5.22. The standard InChI is InChI=1S/C13H18BrNO2/c1-10(2)12(8-14)15-13(16)9-17-11-6-4-3-5-7-11/h3-7,10,12H,8-9H2,1-2H3,(H,15,16). The van der Waals surface area contributed by atoms with Crippen LogP contribution in [-0.2, 0) is 4.79 Å². The van der Waals surface area contributed by atoms with Crippen LogP contribution in [0.25, 0.3) is 0 Å². The third-order valence-electron chi connectivity index (χ3n) is 2.43. The average Bonchev–Trinajstić information content (AvgIpc) is 2.34. The highest BCUT2D eigenvalue weighted by Crippen LogP contribution is 2.08. The van der Waals surface area contributed by atoms with Gasteiger partial charge in [-0.05, 0) is 18.1 Å². The molecule has 1 atom stereocenters. The molecule has 3 nitrogen and oxygen atoms in total. The fraction of sp³-hybridized carbons (Fsp3) is 0.462. The number of hydrogen-bond acceptors (Lipinski definition) is 2. The summed E-state index contributed by atoms with van der Waals surface area (Å²) in [5.41, 5.74) is 0. The molecule has 0 aliphatic rings. The molecule has 0 saturated heterocycles. The Labute approximate surface area is 111 Å². The van der Waals surface area contributed by atoms with Crippen LogP contribution in [0.15, 0.2) is 30.3 Å². The van der Waals surface area contributed by atoms with Gasteiger partial charge in [-0.3, -0.25) is 4.79 Å². The van der Waals surface area contributed by atoms with E-state index in [-0.39, 0.29) is 18.6 Å². The highest BCUT2D eigenvalue weighted by Gasteiger charge is 2.14. The summed E-state index contributed by atoms with van der Waals surface area (Å²) in [5.74, 6) is 1.02. The number of amides is 1. The van der Waals surface area contributed by atoms with Crippen LogP contribution in [0.1, 0.15) is 13.8 Å².